The quantitative estimate of drug-likeness (QED) is 0.842. The molecule has 0 unspecified atom stereocenters. The molecule has 5 nitrogen and oxygen atoms in total. The van der Waals surface area contributed by atoms with Gasteiger partial charge in [-0.1, -0.05) is 29.8 Å². The standard InChI is InChI=1S/C16H12ClF3N2O3/c17-13-7-2-1-6-12(13)15(24)21-9-14(23)22-10-4-3-5-11(8-10)25-16(18,19)20/h1-8H,9H2,(H,21,24)(H,22,23). The van der Waals surface area contributed by atoms with E-state index in [1.54, 1.807) is 12.1 Å². The van der Waals surface area contributed by atoms with Gasteiger partial charge in [0.15, 0.2) is 0 Å². The van der Waals surface area contributed by atoms with Crippen LogP contribution in [0.2, 0.25) is 5.02 Å². The normalized spacial score (nSPS) is 10.9. The summed E-state index contributed by atoms with van der Waals surface area (Å²) in [5, 5.41) is 4.96. The van der Waals surface area contributed by atoms with Gasteiger partial charge in [-0.15, -0.1) is 13.2 Å². The summed E-state index contributed by atoms with van der Waals surface area (Å²) in [7, 11) is 0. The summed E-state index contributed by atoms with van der Waals surface area (Å²) in [4.78, 5) is 23.7. The molecule has 0 aliphatic carbocycles. The Balaban J connectivity index is 1.91. The molecule has 0 radical (unpaired) electrons. The lowest BCUT2D eigenvalue weighted by Crippen LogP contribution is -2.33. The lowest BCUT2D eigenvalue weighted by atomic mass is 10.2. The maximum Gasteiger partial charge on any atom is 0.573 e. The van der Waals surface area contributed by atoms with Gasteiger partial charge in [-0.2, -0.15) is 0 Å². The molecule has 2 amide bonds. The molecule has 9 heteroatoms. The fourth-order valence-corrected chi connectivity index (χ4v) is 2.10. The zero-order chi connectivity index (χ0) is 18.4. The zero-order valence-electron chi connectivity index (χ0n) is 12.6. The van der Waals surface area contributed by atoms with Crippen molar-refractivity contribution in [1.29, 1.82) is 0 Å². The lowest BCUT2D eigenvalue weighted by molar-refractivity contribution is -0.274. The SMILES string of the molecule is O=C(CNC(=O)c1ccccc1Cl)Nc1cccc(OC(F)(F)F)c1. The van der Waals surface area contributed by atoms with E-state index in [1.165, 1.54) is 24.3 Å². The van der Waals surface area contributed by atoms with Gasteiger partial charge in [0.1, 0.15) is 5.75 Å². The largest absolute Gasteiger partial charge is 0.573 e. The molecular weight excluding hydrogens is 361 g/mol. The lowest BCUT2D eigenvalue weighted by Gasteiger charge is -2.11. The minimum atomic E-state index is -4.83. The maximum absolute atomic E-state index is 12.2. The van der Waals surface area contributed by atoms with E-state index in [-0.39, 0.29) is 22.8 Å². The van der Waals surface area contributed by atoms with E-state index < -0.39 is 23.9 Å². The van der Waals surface area contributed by atoms with Gasteiger partial charge in [-0.25, -0.2) is 0 Å². The van der Waals surface area contributed by atoms with Gasteiger partial charge in [-0.3, -0.25) is 9.59 Å². The van der Waals surface area contributed by atoms with Crippen LogP contribution in [0.1, 0.15) is 10.4 Å². The van der Waals surface area contributed by atoms with Crippen molar-refractivity contribution < 1.29 is 27.5 Å². The zero-order valence-corrected chi connectivity index (χ0v) is 13.3. The topological polar surface area (TPSA) is 67.4 Å². The van der Waals surface area contributed by atoms with E-state index in [0.29, 0.717) is 0 Å². The van der Waals surface area contributed by atoms with Crippen molar-refractivity contribution in [2.24, 2.45) is 0 Å². The number of hydrogen-bond acceptors (Lipinski definition) is 3. The predicted octanol–water partition coefficient (Wildman–Crippen LogP) is 3.61. The van der Waals surface area contributed by atoms with E-state index in [1.807, 2.05) is 0 Å². The second-order valence-electron chi connectivity index (χ2n) is 4.79. The summed E-state index contributed by atoms with van der Waals surface area (Å²) >= 11 is 5.87. The first-order chi connectivity index (χ1) is 11.7. The molecule has 2 rings (SSSR count). The molecule has 0 spiro atoms. The molecule has 2 aromatic rings. The molecule has 2 aromatic carbocycles. The summed E-state index contributed by atoms with van der Waals surface area (Å²) in [5.74, 6) is -1.63. The number of anilines is 1. The van der Waals surface area contributed by atoms with Crippen LogP contribution in [-0.2, 0) is 4.79 Å². The van der Waals surface area contributed by atoms with Crippen molar-refractivity contribution in [2.75, 3.05) is 11.9 Å². The molecule has 0 aliphatic heterocycles. The first-order valence-corrected chi connectivity index (χ1v) is 7.31. The molecule has 2 N–H and O–H groups in total. The van der Waals surface area contributed by atoms with Gasteiger partial charge < -0.3 is 15.4 Å². The highest BCUT2D eigenvalue weighted by molar-refractivity contribution is 6.33. The van der Waals surface area contributed by atoms with Crippen LogP contribution in [-0.4, -0.2) is 24.7 Å². The second kappa shape index (κ2) is 7.89. The van der Waals surface area contributed by atoms with E-state index in [4.69, 9.17) is 11.6 Å². The minimum Gasteiger partial charge on any atom is -0.406 e. The smallest absolute Gasteiger partial charge is 0.406 e. The average molecular weight is 373 g/mol. The van der Waals surface area contributed by atoms with Crippen LogP contribution in [0.5, 0.6) is 5.75 Å². The van der Waals surface area contributed by atoms with E-state index in [2.05, 4.69) is 15.4 Å². The maximum atomic E-state index is 12.2. The first kappa shape index (κ1) is 18.6. The van der Waals surface area contributed by atoms with Crippen molar-refractivity contribution in [3.05, 3.63) is 59.1 Å². The van der Waals surface area contributed by atoms with Crippen molar-refractivity contribution >= 4 is 29.1 Å². The number of benzene rings is 2. The molecule has 0 saturated heterocycles. The summed E-state index contributed by atoms with van der Waals surface area (Å²) < 4.78 is 40.3. The van der Waals surface area contributed by atoms with E-state index in [0.717, 1.165) is 12.1 Å². The third kappa shape index (κ3) is 6.00. The van der Waals surface area contributed by atoms with Gasteiger partial charge in [0.25, 0.3) is 5.91 Å². The molecule has 0 saturated carbocycles. The fraction of sp³-hybridized carbons (Fsp3) is 0.125. The van der Waals surface area contributed by atoms with Crippen LogP contribution < -0.4 is 15.4 Å². The van der Waals surface area contributed by atoms with Gasteiger partial charge in [0.2, 0.25) is 5.91 Å². The molecule has 0 atom stereocenters. The number of halogens is 4. The Labute approximate surface area is 145 Å². The fourth-order valence-electron chi connectivity index (χ4n) is 1.88. The predicted molar refractivity (Wildman–Crippen MR) is 85.5 cm³/mol. The van der Waals surface area contributed by atoms with Crippen molar-refractivity contribution in [3.8, 4) is 5.75 Å². The number of hydrogen-bond donors (Lipinski definition) is 2. The van der Waals surface area contributed by atoms with Gasteiger partial charge >= 0.3 is 6.36 Å². The molecular formula is C16H12ClF3N2O3. The van der Waals surface area contributed by atoms with Crippen LogP contribution in [0.15, 0.2) is 48.5 Å². The van der Waals surface area contributed by atoms with Crippen molar-refractivity contribution in [1.82, 2.24) is 5.32 Å². The Bertz CT molecular complexity index is 781. The second-order valence-corrected chi connectivity index (χ2v) is 5.19. The molecule has 132 valence electrons. The highest BCUT2D eigenvalue weighted by Crippen LogP contribution is 2.25. The number of carbonyl (C=O) groups excluding carboxylic acids is 2. The molecule has 0 bridgehead atoms. The summed E-state index contributed by atoms with van der Waals surface area (Å²) in [6, 6.07) is 11.1. The Morgan fingerprint density at radius 1 is 1.08 bits per heavy atom. The van der Waals surface area contributed by atoms with Crippen LogP contribution in [0.3, 0.4) is 0 Å². The number of ether oxygens (including phenoxy) is 1. The Morgan fingerprint density at radius 3 is 2.48 bits per heavy atom. The molecule has 25 heavy (non-hydrogen) atoms. The third-order valence-electron chi connectivity index (χ3n) is 2.88. The highest BCUT2D eigenvalue weighted by atomic mass is 35.5. The van der Waals surface area contributed by atoms with Crippen molar-refractivity contribution in [2.45, 2.75) is 6.36 Å². The number of amides is 2. The Hall–Kier alpha value is -2.74. The summed E-state index contributed by atoms with van der Waals surface area (Å²) in [5.41, 5.74) is 0.302. The van der Waals surface area contributed by atoms with E-state index in [9.17, 15) is 22.8 Å². The number of carbonyl (C=O) groups is 2. The minimum absolute atomic E-state index is 0.0961. The summed E-state index contributed by atoms with van der Waals surface area (Å²) in [6.45, 7) is -0.381. The molecule has 0 fully saturated rings. The number of nitrogens with one attached hydrogen (secondary N) is 2. The number of rotatable bonds is 5. The highest BCUT2D eigenvalue weighted by Gasteiger charge is 2.31. The number of alkyl halides is 3. The van der Waals surface area contributed by atoms with Gasteiger partial charge in [-0.05, 0) is 24.3 Å². The van der Waals surface area contributed by atoms with Gasteiger partial charge in [0.05, 0.1) is 17.1 Å². The van der Waals surface area contributed by atoms with Crippen LogP contribution >= 0.6 is 11.6 Å². The molecule has 0 heterocycles. The molecule has 0 aromatic heterocycles. The Kier molecular flexibility index (Phi) is 5.87. The third-order valence-corrected chi connectivity index (χ3v) is 3.21. The van der Waals surface area contributed by atoms with E-state index >= 15 is 0 Å². The van der Waals surface area contributed by atoms with Crippen LogP contribution in [0, 0.1) is 0 Å². The monoisotopic (exact) mass is 372 g/mol. The van der Waals surface area contributed by atoms with Crippen LogP contribution in [0.25, 0.3) is 0 Å². The van der Waals surface area contributed by atoms with Gasteiger partial charge in [0, 0.05) is 11.8 Å². The Morgan fingerprint density at radius 2 is 1.80 bits per heavy atom. The first-order valence-electron chi connectivity index (χ1n) is 6.93. The van der Waals surface area contributed by atoms with Crippen molar-refractivity contribution in [3.63, 3.8) is 0 Å². The van der Waals surface area contributed by atoms with Crippen LogP contribution in [0.4, 0.5) is 18.9 Å². The summed E-state index contributed by atoms with van der Waals surface area (Å²) in [6.07, 6.45) is -4.83. The molecule has 0 aliphatic rings. The average Bonchev–Trinajstić information content (AvgIpc) is 2.52.